The second-order valence-corrected chi connectivity index (χ2v) is 4.24. The summed E-state index contributed by atoms with van der Waals surface area (Å²) in [5.41, 5.74) is 1.44. The topological polar surface area (TPSA) is 32.6 Å². The highest BCUT2D eigenvalue weighted by atomic mass is 79.9. The highest BCUT2D eigenvalue weighted by Crippen LogP contribution is 2.34. The molecule has 1 fully saturated rings. The Labute approximate surface area is 89.6 Å². The molecular formula is C10H9BrFNO. The molecule has 2 nitrogen and oxygen atoms in total. The lowest BCUT2D eigenvalue weighted by atomic mass is 10.1. The van der Waals surface area contributed by atoms with Gasteiger partial charge in [0.1, 0.15) is 5.82 Å². The SMILES string of the molecule is ON=C(c1ccc(F)c(Br)c1)C1CC1. The maximum atomic E-state index is 12.9. The summed E-state index contributed by atoms with van der Waals surface area (Å²) in [5, 5.41) is 12.1. The Morgan fingerprint density at radius 1 is 1.50 bits per heavy atom. The average Bonchev–Trinajstić information content (AvgIpc) is 2.96. The van der Waals surface area contributed by atoms with Gasteiger partial charge >= 0.3 is 0 Å². The van der Waals surface area contributed by atoms with Crippen molar-refractivity contribution in [3.8, 4) is 0 Å². The van der Waals surface area contributed by atoms with Crippen LogP contribution in [0.1, 0.15) is 18.4 Å². The van der Waals surface area contributed by atoms with E-state index in [-0.39, 0.29) is 5.82 Å². The van der Waals surface area contributed by atoms with Gasteiger partial charge in [-0.05, 0) is 40.9 Å². The van der Waals surface area contributed by atoms with Gasteiger partial charge in [0.15, 0.2) is 0 Å². The summed E-state index contributed by atoms with van der Waals surface area (Å²) >= 11 is 3.10. The zero-order valence-corrected chi connectivity index (χ0v) is 8.96. The normalized spacial score (nSPS) is 17.1. The van der Waals surface area contributed by atoms with Gasteiger partial charge in [-0.2, -0.15) is 0 Å². The summed E-state index contributed by atoms with van der Waals surface area (Å²) in [7, 11) is 0. The van der Waals surface area contributed by atoms with Gasteiger partial charge < -0.3 is 5.21 Å². The number of benzene rings is 1. The monoisotopic (exact) mass is 257 g/mol. The first-order chi connectivity index (χ1) is 6.72. The van der Waals surface area contributed by atoms with E-state index in [1.165, 1.54) is 6.07 Å². The third-order valence-corrected chi connectivity index (χ3v) is 2.89. The number of hydrogen-bond donors (Lipinski definition) is 1. The van der Waals surface area contributed by atoms with Crippen LogP contribution in [0.15, 0.2) is 27.8 Å². The number of nitrogens with zero attached hydrogens (tertiary/aromatic N) is 1. The Balaban J connectivity index is 2.35. The van der Waals surface area contributed by atoms with E-state index in [0.717, 1.165) is 18.4 Å². The largest absolute Gasteiger partial charge is 0.411 e. The molecule has 1 aromatic carbocycles. The molecule has 1 saturated carbocycles. The average molecular weight is 258 g/mol. The van der Waals surface area contributed by atoms with Crippen LogP contribution >= 0.6 is 15.9 Å². The van der Waals surface area contributed by atoms with Gasteiger partial charge in [-0.15, -0.1) is 0 Å². The van der Waals surface area contributed by atoms with Crippen molar-refractivity contribution in [2.45, 2.75) is 12.8 Å². The summed E-state index contributed by atoms with van der Waals surface area (Å²) in [4.78, 5) is 0. The lowest BCUT2D eigenvalue weighted by Gasteiger charge is -2.03. The van der Waals surface area contributed by atoms with E-state index in [0.29, 0.717) is 16.1 Å². The fourth-order valence-electron chi connectivity index (χ4n) is 1.39. The quantitative estimate of drug-likeness (QED) is 0.493. The molecule has 0 aliphatic heterocycles. The van der Waals surface area contributed by atoms with Crippen molar-refractivity contribution in [2.75, 3.05) is 0 Å². The molecule has 0 aromatic heterocycles. The number of halogens is 2. The standard InChI is InChI=1S/C10H9BrFNO/c11-8-5-7(3-4-9(8)12)10(13-14)6-1-2-6/h3-6,14H,1-2H2. The molecule has 0 radical (unpaired) electrons. The van der Waals surface area contributed by atoms with Crippen LogP contribution in [-0.4, -0.2) is 10.9 Å². The maximum absolute atomic E-state index is 12.9. The summed E-state index contributed by atoms with van der Waals surface area (Å²) in [5.74, 6) is 0.0409. The van der Waals surface area contributed by atoms with Crippen LogP contribution in [-0.2, 0) is 0 Å². The Bertz CT molecular complexity index is 388. The highest BCUT2D eigenvalue weighted by molar-refractivity contribution is 9.10. The molecule has 1 aliphatic rings. The molecule has 74 valence electrons. The van der Waals surface area contributed by atoms with Crippen LogP contribution in [0, 0.1) is 11.7 Å². The molecule has 0 bridgehead atoms. The molecule has 0 spiro atoms. The van der Waals surface area contributed by atoms with Crippen LogP contribution in [0.5, 0.6) is 0 Å². The molecule has 1 N–H and O–H groups in total. The zero-order valence-electron chi connectivity index (χ0n) is 7.37. The molecule has 1 aliphatic carbocycles. The molecule has 0 atom stereocenters. The van der Waals surface area contributed by atoms with Crippen molar-refractivity contribution in [1.82, 2.24) is 0 Å². The number of hydrogen-bond acceptors (Lipinski definition) is 2. The third kappa shape index (κ3) is 1.80. The van der Waals surface area contributed by atoms with Gasteiger partial charge in [0, 0.05) is 11.5 Å². The minimum Gasteiger partial charge on any atom is -0.411 e. The van der Waals surface area contributed by atoms with Crippen molar-refractivity contribution in [2.24, 2.45) is 11.1 Å². The Kier molecular flexibility index (Phi) is 2.54. The highest BCUT2D eigenvalue weighted by Gasteiger charge is 2.29. The lowest BCUT2D eigenvalue weighted by Crippen LogP contribution is -2.03. The fraction of sp³-hybridized carbons (Fsp3) is 0.300. The minimum absolute atomic E-state index is 0.304. The van der Waals surface area contributed by atoms with Gasteiger partial charge in [-0.1, -0.05) is 11.2 Å². The van der Waals surface area contributed by atoms with E-state index in [9.17, 15) is 4.39 Å². The third-order valence-electron chi connectivity index (χ3n) is 2.29. The van der Waals surface area contributed by atoms with Crippen molar-refractivity contribution in [3.63, 3.8) is 0 Å². The van der Waals surface area contributed by atoms with E-state index in [4.69, 9.17) is 5.21 Å². The van der Waals surface area contributed by atoms with E-state index in [2.05, 4.69) is 21.1 Å². The van der Waals surface area contributed by atoms with Crippen molar-refractivity contribution < 1.29 is 9.60 Å². The van der Waals surface area contributed by atoms with Crippen molar-refractivity contribution in [1.29, 1.82) is 0 Å². The zero-order chi connectivity index (χ0) is 10.1. The first kappa shape index (κ1) is 9.65. The summed E-state index contributed by atoms with van der Waals surface area (Å²) in [6, 6.07) is 4.64. The second-order valence-electron chi connectivity index (χ2n) is 3.39. The second kappa shape index (κ2) is 3.69. The van der Waals surface area contributed by atoms with Crippen molar-refractivity contribution in [3.05, 3.63) is 34.1 Å². The summed E-state index contributed by atoms with van der Waals surface area (Å²) in [6.45, 7) is 0. The smallest absolute Gasteiger partial charge is 0.137 e. The molecule has 0 unspecified atom stereocenters. The van der Waals surface area contributed by atoms with E-state index >= 15 is 0 Å². The number of oxime groups is 1. The first-order valence-corrected chi connectivity index (χ1v) is 5.19. The van der Waals surface area contributed by atoms with E-state index in [1.54, 1.807) is 12.1 Å². The Hall–Kier alpha value is -0.900. The molecule has 2 rings (SSSR count). The van der Waals surface area contributed by atoms with Gasteiger partial charge in [0.2, 0.25) is 0 Å². The molecule has 0 amide bonds. The van der Waals surface area contributed by atoms with Crippen LogP contribution in [0.2, 0.25) is 0 Å². The predicted octanol–water partition coefficient (Wildman–Crippen LogP) is 3.18. The lowest BCUT2D eigenvalue weighted by molar-refractivity contribution is 0.317. The Morgan fingerprint density at radius 2 is 2.21 bits per heavy atom. The maximum Gasteiger partial charge on any atom is 0.137 e. The molecule has 14 heavy (non-hydrogen) atoms. The van der Waals surface area contributed by atoms with E-state index < -0.39 is 0 Å². The minimum atomic E-state index is -0.304. The molecule has 1 aromatic rings. The van der Waals surface area contributed by atoms with Crippen LogP contribution in [0.3, 0.4) is 0 Å². The summed E-state index contributed by atoms with van der Waals surface area (Å²) in [6.07, 6.45) is 2.10. The van der Waals surface area contributed by atoms with Crippen LogP contribution in [0.4, 0.5) is 4.39 Å². The molecule has 0 saturated heterocycles. The molecule has 0 heterocycles. The fourth-order valence-corrected chi connectivity index (χ4v) is 1.77. The van der Waals surface area contributed by atoms with Crippen molar-refractivity contribution >= 4 is 21.6 Å². The van der Waals surface area contributed by atoms with Gasteiger partial charge in [-0.3, -0.25) is 0 Å². The van der Waals surface area contributed by atoms with E-state index in [1.807, 2.05) is 0 Å². The van der Waals surface area contributed by atoms with Crippen LogP contribution < -0.4 is 0 Å². The first-order valence-electron chi connectivity index (χ1n) is 4.39. The summed E-state index contributed by atoms with van der Waals surface area (Å²) < 4.78 is 13.3. The van der Waals surface area contributed by atoms with Crippen LogP contribution in [0.25, 0.3) is 0 Å². The van der Waals surface area contributed by atoms with Gasteiger partial charge in [-0.25, -0.2) is 4.39 Å². The molecular weight excluding hydrogens is 249 g/mol. The Morgan fingerprint density at radius 3 is 2.71 bits per heavy atom. The van der Waals surface area contributed by atoms with Gasteiger partial charge in [0.05, 0.1) is 10.2 Å². The van der Waals surface area contributed by atoms with Gasteiger partial charge in [0.25, 0.3) is 0 Å². The number of rotatable bonds is 2. The predicted molar refractivity (Wildman–Crippen MR) is 55.1 cm³/mol. The molecule has 4 heteroatoms.